The summed E-state index contributed by atoms with van der Waals surface area (Å²) in [5.41, 5.74) is 2.52. The van der Waals surface area contributed by atoms with Crippen LogP contribution >= 0.6 is 0 Å². The molecule has 33 heavy (non-hydrogen) atoms. The van der Waals surface area contributed by atoms with Crippen LogP contribution in [0, 0.1) is 6.92 Å². The molecule has 13 heteroatoms. The van der Waals surface area contributed by atoms with Gasteiger partial charge in [-0.1, -0.05) is 0 Å². The minimum absolute atomic E-state index is 0.00503. The molecule has 10 nitrogen and oxygen atoms in total. The zero-order valence-electron chi connectivity index (χ0n) is 17.5. The average Bonchev–Trinajstić information content (AvgIpc) is 3.33. The zero-order chi connectivity index (χ0) is 23.6. The number of nitrogens with zero attached hydrogens (tertiary/aromatic N) is 6. The van der Waals surface area contributed by atoms with Crippen LogP contribution in [0.4, 0.5) is 29.5 Å². The summed E-state index contributed by atoms with van der Waals surface area (Å²) in [4.78, 5) is 20.0. The van der Waals surface area contributed by atoms with Gasteiger partial charge in [0, 0.05) is 25.0 Å². The van der Waals surface area contributed by atoms with Crippen LogP contribution in [0.2, 0.25) is 0 Å². The Kier molecular flexibility index (Phi) is 5.77. The van der Waals surface area contributed by atoms with E-state index in [2.05, 4.69) is 31.0 Å². The highest BCUT2D eigenvalue weighted by molar-refractivity contribution is 5.98. The Morgan fingerprint density at radius 1 is 1.18 bits per heavy atom. The molecule has 2 N–H and O–H groups in total. The van der Waals surface area contributed by atoms with Gasteiger partial charge in [0.1, 0.15) is 5.69 Å². The molecule has 0 atom stereocenters. The second kappa shape index (κ2) is 8.68. The van der Waals surface area contributed by atoms with Crippen molar-refractivity contribution in [3.63, 3.8) is 0 Å². The SMILES string of the molecule is Cc1cnn(C)c1-c1ccc(C[n+]2cc(NC(=O)Nc3cncc(C(F)(F)F)c3)on2)nc1. The van der Waals surface area contributed by atoms with E-state index in [4.69, 9.17) is 4.52 Å². The number of alkyl halides is 3. The molecule has 0 fully saturated rings. The van der Waals surface area contributed by atoms with Crippen LogP contribution in [-0.2, 0) is 19.8 Å². The van der Waals surface area contributed by atoms with E-state index in [9.17, 15) is 18.0 Å². The van der Waals surface area contributed by atoms with Gasteiger partial charge in [0.05, 0.1) is 29.3 Å². The number of hydrogen-bond acceptors (Lipinski definition) is 6. The van der Waals surface area contributed by atoms with Crippen molar-refractivity contribution in [2.24, 2.45) is 7.05 Å². The molecular weight excluding hydrogens is 441 g/mol. The Morgan fingerprint density at radius 3 is 2.67 bits per heavy atom. The fourth-order valence-electron chi connectivity index (χ4n) is 3.13. The fourth-order valence-corrected chi connectivity index (χ4v) is 3.13. The molecular formula is C20H18F3N8O2+. The van der Waals surface area contributed by atoms with Gasteiger partial charge in [0.15, 0.2) is 0 Å². The number of carbonyl (C=O) groups is 1. The van der Waals surface area contributed by atoms with Crippen molar-refractivity contribution < 1.29 is 27.2 Å². The van der Waals surface area contributed by atoms with E-state index >= 15 is 0 Å². The van der Waals surface area contributed by atoms with Gasteiger partial charge in [0.2, 0.25) is 11.8 Å². The standard InChI is InChI=1S/C20H17F3N8O2/c1-12-6-26-30(2)18(12)13-3-4-15(25-7-13)10-31-11-17(33-29-31)28-19(32)27-16-5-14(8-24-9-16)20(21,22)23/h3-9,11H,10H2,1-2H3,(H-,27,28,29,32)/p+1. The van der Waals surface area contributed by atoms with E-state index in [1.54, 1.807) is 17.1 Å². The summed E-state index contributed by atoms with van der Waals surface area (Å²) in [6.45, 7) is 2.24. The molecule has 170 valence electrons. The predicted octanol–water partition coefficient (Wildman–Crippen LogP) is 3.17. The largest absolute Gasteiger partial charge is 0.417 e. The number of urea groups is 1. The second-order valence-electron chi connectivity index (χ2n) is 7.14. The highest BCUT2D eigenvalue weighted by Gasteiger charge is 2.31. The third kappa shape index (κ3) is 5.14. The van der Waals surface area contributed by atoms with Gasteiger partial charge >= 0.3 is 18.1 Å². The first-order chi connectivity index (χ1) is 15.7. The maximum absolute atomic E-state index is 12.8. The maximum atomic E-state index is 12.8. The lowest BCUT2D eigenvalue weighted by Gasteiger charge is -2.08. The molecule has 0 aliphatic heterocycles. The van der Waals surface area contributed by atoms with Crippen molar-refractivity contribution in [3.8, 4) is 11.3 Å². The number of amides is 2. The van der Waals surface area contributed by atoms with Gasteiger partial charge in [-0.05, 0) is 35.4 Å². The van der Waals surface area contributed by atoms with Gasteiger partial charge in [-0.3, -0.25) is 24.5 Å². The topological polar surface area (TPSA) is 115 Å². The van der Waals surface area contributed by atoms with Gasteiger partial charge in [0.25, 0.3) is 6.20 Å². The van der Waals surface area contributed by atoms with Crippen molar-refractivity contribution in [2.45, 2.75) is 19.6 Å². The predicted molar refractivity (Wildman–Crippen MR) is 109 cm³/mol. The number of pyridine rings is 2. The molecule has 4 aromatic heterocycles. The zero-order valence-corrected chi connectivity index (χ0v) is 17.5. The van der Waals surface area contributed by atoms with Crippen molar-refractivity contribution in [2.75, 3.05) is 10.6 Å². The summed E-state index contributed by atoms with van der Waals surface area (Å²) in [6, 6.07) is 3.72. The summed E-state index contributed by atoms with van der Waals surface area (Å²) >= 11 is 0. The number of aryl methyl sites for hydroxylation is 2. The molecule has 2 amide bonds. The van der Waals surface area contributed by atoms with Crippen molar-refractivity contribution in [1.29, 1.82) is 0 Å². The average molecular weight is 459 g/mol. The van der Waals surface area contributed by atoms with E-state index in [1.165, 1.54) is 10.9 Å². The van der Waals surface area contributed by atoms with Crippen LogP contribution in [0.1, 0.15) is 16.8 Å². The third-order valence-corrected chi connectivity index (χ3v) is 4.61. The van der Waals surface area contributed by atoms with Crippen molar-refractivity contribution >= 4 is 17.6 Å². The third-order valence-electron chi connectivity index (χ3n) is 4.61. The highest BCUT2D eigenvalue weighted by atomic mass is 19.4. The van der Waals surface area contributed by atoms with Gasteiger partial charge < -0.3 is 5.32 Å². The first-order valence-electron chi connectivity index (χ1n) is 9.59. The Labute approximate surface area is 185 Å². The number of carbonyl (C=O) groups excluding carboxylic acids is 1. The maximum Gasteiger partial charge on any atom is 0.417 e. The molecule has 4 rings (SSSR count). The van der Waals surface area contributed by atoms with E-state index in [0.29, 0.717) is 11.9 Å². The molecule has 4 heterocycles. The molecule has 0 aliphatic carbocycles. The molecule has 0 unspecified atom stereocenters. The number of aromatic nitrogens is 6. The van der Waals surface area contributed by atoms with Crippen LogP contribution in [-0.4, -0.2) is 31.1 Å². The summed E-state index contributed by atoms with van der Waals surface area (Å²) < 4.78 is 46.5. The number of nitrogens with one attached hydrogen (secondary N) is 2. The first kappa shape index (κ1) is 21.9. The summed E-state index contributed by atoms with van der Waals surface area (Å²) in [5, 5.41) is 12.6. The van der Waals surface area contributed by atoms with Crippen LogP contribution in [0.5, 0.6) is 0 Å². The highest BCUT2D eigenvalue weighted by Crippen LogP contribution is 2.30. The lowest BCUT2D eigenvalue weighted by molar-refractivity contribution is -0.755. The molecule has 0 saturated carbocycles. The molecule has 0 radical (unpaired) electrons. The van der Waals surface area contributed by atoms with Crippen molar-refractivity contribution in [1.82, 2.24) is 25.0 Å². The number of rotatable bonds is 5. The van der Waals surface area contributed by atoms with Crippen molar-refractivity contribution in [3.05, 3.63) is 66.0 Å². The molecule has 0 bridgehead atoms. The van der Waals surface area contributed by atoms with Crippen LogP contribution in [0.15, 0.2) is 53.7 Å². The van der Waals surface area contributed by atoms with Crippen LogP contribution in [0.3, 0.4) is 0 Å². The van der Waals surface area contributed by atoms with Gasteiger partial charge in [-0.25, -0.2) is 4.79 Å². The van der Waals surface area contributed by atoms with E-state index in [-0.39, 0.29) is 18.1 Å². The Balaban J connectivity index is 1.37. The molecule has 0 aliphatic rings. The minimum atomic E-state index is -4.57. The van der Waals surface area contributed by atoms with Gasteiger partial charge in [-0.15, -0.1) is 0 Å². The lowest BCUT2D eigenvalue weighted by atomic mass is 10.1. The monoisotopic (exact) mass is 459 g/mol. The Bertz CT molecular complexity index is 1260. The first-order valence-corrected chi connectivity index (χ1v) is 9.59. The Morgan fingerprint density at radius 2 is 2.00 bits per heavy atom. The van der Waals surface area contributed by atoms with Crippen LogP contribution in [0.25, 0.3) is 11.3 Å². The smallest absolute Gasteiger partial charge is 0.306 e. The van der Waals surface area contributed by atoms with Crippen LogP contribution < -0.4 is 15.3 Å². The Hall–Kier alpha value is -4.29. The quantitative estimate of drug-likeness (QED) is 0.443. The minimum Gasteiger partial charge on any atom is -0.306 e. The molecule has 0 spiro atoms. The summed E-state index contributed by atoms with van der Waals surface area (Å²) in [6.07, 6.45) is 2.13. The fraction of sp³-hybridized carbons (Fsp3) is 0.200. The van der Waals surface area contributed by atoms with E-state index in [0.717, 1.165) is 29.1 Å². The van der Waals surface area contributed by atoms with Gasteiger partial charge in [-0.2, -0.15) is 18.3 Å². The lowest BCUT2D eigenvalue weighted by Crippen LogP contribution is -2.35. The molecule has 0 aromatic carbocycles. The normalized spacial score (nSPS) is 11.4. The second-order valence-corrected chi connectivity index (χ2v) is 7.14. The molecule has 4 aromatic rings. The molecule has 0 saturated heterocycles. The summed E-state index contributed by atoms with van der Waals surface area (Å²) in [7, 11) is 1.86. The summed E-state index contributed by atoms with van der Waals surface area (Å²) in [5.74, 6) is -0.00503. The van der Waals surface area contributed by atoms with E-state index < -0.39 is 17.8 Å². The number of halogens is 3. The van der Waals surface area contributed by atoms with E-state index in [1.807, 2.05) is 26.1 Å². The number of anilines is 2. The number of hydrogen-bond donors (Lipinski definition) is 2.